The third-order valence-electron chi connectivity index (χ3n) is 2.47. The number of para-hydroxylation sites is 2. The van der Waals surface area contributed by atoms with E-state index in [1.165, 1.54) is 0 Å². The molecule has 0 aliphatic rings. The SMILES string of the molecule is C=CC(C(=C)C)c1nc2ccccc2[nH]1. The predicted molar refractivity (Wildman–Crippen MR) is 63.8 cm³/mol. The van der Waals surface area contributed by atoms with Crippen LogP contribution in [0.3, 0.4) is 0 Å². The summed E-state index contributed by atoms with van der Waals surface area (Å²) in [5.41, 5.74) is 3.09. The highest BCUT2D eigenvalue weighted by molar-refractivity contribution is 5.75. The van der Waals surface area contributed by atoms with Crippen LogP contribution in [0.5, 0.6) is 0 Å². The van der Waals surface area contributed by atoms with Crippen LogP contribution < -0.4 is 0 Å². The van der Waals surface area contributed by atoms with Gasteiger partial charge < -0.3 is 4.98 Å². The lowest BCUT2D eigenvalue weighted by atomic mass is 10.0. The summed E-state index contributed by atoms with van der Waals surface area (Å²) in [6.07, 6.45) is 1.86. The quantitative estimate of drug-likeness (QED) is 0.752. The highest BCUT2D eigenvalue weighted by Crippen LogP contribution is 2.23. The van der Waals surface area contributed by atoms with Gasteiger partial charge in [0.05, 0.1) is 17.0 Å². The van der Waals surface area contributed by atoms with Gasteiger partial charge in [-0.3, -0.25) is 0 Å². The molecule has 1 atom stereocenters. The zero-order valence-electron chi connectivity index (χ0n) is 8.83. The summed E-state index contributed by atoms with van der Waals surface area (Å²) in [5.74, 6) is 1.02. The molecule has 1 unspecified atom stereocenters. The third-order valence-corrected chi connectivity index (χ3v) is 2.47. The molecule has 0 radical (unpaired) electrons. The number of H-pyrrole nitrogens is 1. The molecule has 1 heterocycles. The van der Waals surface area contributed by atoms with Crippen molar-refractivity contribution in [2.75, 3.05) is 0 Å². The van der Waals surface area contributed by atoms with Crippen LogP contribution in [0, 0.1) is 0 Å². The number of aromatic nitrogens is 2. The number of aromatic amines is 1. The van der Waals surface area contributed by atoms with Crippen LogP contribution in [0.15, 0.2) is 49.1 Å². The van der Waals surface area contributed by atoms with Crippen molar-refractivity contribution in [3.05, 3.63) is 54.9 Å². The number of allylic oxidation sites excluding steroid dienone is 2. The van der Waals surface area contributed by atoms with E-state index in [-0.39, 0.29) is 5.92 Å². The highest BCUT2D eigenvalue weighted by Gasteiger charge is 2.12. The molecule has 15 heavy (non-hydrogen) atoms. The van der Waals surface area contributed by atoms with Gasteiger partial charge >= 0.3 is 0 Å². The van der Waals surface area contributed by atoms with Crippen molar-refractivity contribution in [3.8, 4) is 0 Å². The molecule has 1 N–H and O–H groups in total. The summed E-state index contributed by atoms with van der Waals surface area (Å²) < 4.78 is 0. The van der Waals surface area contributed by atoms with Gasteiger partial charge in [0.15, 0.2) is 0 Å². The maximum atomic E-state index is 4.52. The molecule has 2 heteroatoms. The van der Waals surface area contributed by atoms with E-state index in [0.29, 0.717) is 0 Å². The average molecular weight is 198 g/mol. The number of rotatable bonds is 3. The molecule has 0 amide bonds. The van der Waals surface area contributed by atoms with Crippen LogP contribution >= 0.6 is 0 Å². The minimum absolute atomic E-state index is 0.109. The Morgan fingerprint density at radius 3 is 2.80 bits per heavy atom. The van der Waals surface area contributed by atoms with E-state index in [9.17, 15) is 0 Å². The summed E-state index contributed by atoms with van der Waals surface area (Å²) in [7, 11) is 0. The predicted octanol–water partition coefficient (Wildman–Crippen LogP) is 3.41. The first-order valence-corrected chi connectivity index (χ1v) is 4.95. The van der Waals surface area contributed by atoms with Gasteiger partial charge in [0.1, 0.15) is 5.82 Å². The Morgan fingerprint density at radius 2 is 2.20 bits per heavy atom. The Bertz CT molecular complexity index is 475. The second kappa shape index (κ2) is 3.73. The van der Waals surface area contributed by atoms with Crippen LogP contribution in [0.4, 0.5) is 0 Å². The van der Waals surface area contributed by atoms with Crippen molar-refractivity contribution >= 4 is 11.0 Å². The van der Waals surface area contributed by atoms with Gasteiger partial charge in [0.2, 0.25) is 0 Å². The molecule has 2 aromatic rings. The maximum absolute atomic E-state index is 4.52. The van der Waals surface area contributed by atoms with E-state index in [2.05, 4.69) is 23.1 Å². The first-order valence-electron chi connectivity index (χ1n) is 4.95. The lowest BCUT2D eigenvalue weighted by Gasteiger charge is -2.07. The maximum Gasteiger partial charge on any atom is 0.118 e. The summed E-state index contributed by atoms with van der Waals surface area (Å²) in [4.78, 5) is 7.80. The molecule has 1 aromatic heterocycles. The van der Waals surface area contributed by atoms with Gasteiger partial charge in [-0.2, -0.15) is 0 Å². The van der Waals surface area contributed by atoms with Crippen LogP contribution in [0.2, 0.25) is 0 Å². The second-order valence-corrected chi connectivity index (χ2v) is 3.70. The number of nitrogens with one attached hydrogen (secondary N) is 1. The van der Waals surface area contributed by atoms with Gasteiger partial charge in [-0.15, -0.1) is 6.58 Å². The lowest BCUT2D eigenvalue weighted by molar-refractivity contribution is 0.907. The van der Waals surface area contributed by atoms with Crippen molar-refractivity contribution in [2.45, 2.75) is 12.8 Å². The zero-order valence-corrected chi connectivity index (χ0v) is 8.83. The number of benzene rings is 1. The fourth-order valence-corrected chi connectivity index (χ4v) is 1.67. The van der Waals surface area contributed by atoms with Crippen molar-refractivity contribution in [1.29, 1.82) is 0 Å². The van der Waals surface area contributed by atoms with Gasteiger partial charge in [-0.05, 0) is 19.1 Å². The molecule has 0 saturated carbocycles. The van der Waals surface area contributed by atoms with E-state index in [1.807, 2.05) is 37.3 Å². The van der Waals surface area contributed by atoms with E-state index < -0.39 is 0 Å². The lowest BCUT2D eigenvalue weighted by Crippen LogP contribution is -1.97. The van der Waals surface area contributed by atoms with Crippen molar-refractivity contribution < 1.29 is 0 Å². The fraction of sp³-hybridized carbons (Fsp3) is 0.154. The summed E-state index contributed by atoms with van der Waals surface area (Å²) in [5, 5.41) is 0. The van der Waals surface area contributed by atoms with Crippen LogP contribution in [0.1, 0.15) is 18.7 Å². The molecule has 76 valence electrons. The smallest absolute Gasteiger partial charge is 0.118 e. The van der Waals surface area contributed by atoms with Crippen LogP contribution in [-0.2, 0) is 0 Å². The first-order chi connectivity index (χ1) is 7.22. The van der Waals surface area contributed by atoms with Crippen LogP contribution in [-0.4, -0.2) is 9.97 Å². The number of hydrogen-bond donors (Lipinski definition) is 1. The summed E-state index contributed by atoms with van der Waals surface area (Å²) in [6, 6.07) is 7.99. The molecule has 0 aliphatic carbocycles. The molecule has 1 aromatic carbocycles. The standard InChI is InChI=1S/C13H14N2/c1-4-10(9(2)3)13-14-11-7-5-6-8-12(11)15-13/h4-8,10H,1-2H2,3H3,(H,14,15). The number of hydrogen-bond acceptors (Lipinski definition) is 1. The Kier molecular flexibility index (Phi) is 2.42. The largest absolute Gasteiger partial charge is 0.341 e. The number of imidazole rings is 1. The number of nitrogens with zero attached hydrogens (tertiary/aromatic N) is 1. The van der Waals surface area contributed by atoms with E-state index in [0.717, 1.165) is 22.4 Å². The molecule has 2 rings (SSSR count). The summed E-state index contributed by atoms with van der Waals surface area (Å²) >= 11 is 0. The van der Waals surface area contributed by atoms with Crippen molar-refractivity contribution in [1.82, 2.24) is 9.97 Å². The Labute approximate surface area is 89.4 Å². The topological polar surface area (TPSA) is 28.7 Å². The number of fused-ring (bicyclic) bond motifs is 1. The molecule has 2 nitrogen and oxygen atoms in total. The molecule has 0 fully saturated rings. The van der Waals surface area contributed by atoms with Gasteiger partial charge in [-0.1, -0.05) is 30.4 Å². The van der Waals surface area contributed by atoms with Gasteiger partial charge in [0.25, 0.3) is 0 Å². The normalized spacial score (nSPS) is 12.6. The minimum Gasteiger partial charge on any atom is -0.341 e. The van der Waals surface area contributed by atoms with Crippen molar-refractivity contribution in [2.24, 2.45) is 0 Å². The average Bonchev–Trinajstić information content (AvgIpc) is 2.61. The fourth-order valence-electron chi connectivity index (χ4n) is 1.67. The van der Waals surface area contributed by atoms with E-state index in [1.54, 1.807) is 0 Å². The highest BCUT2D eigenvalue weighted by atomic mass is 14.9. The monoisotopic (exact) mass is 198 g/mol. The Balaban J connectivity index is 2.52. The Morgan fingerprint density at radius 1 is 1.47 bits per heavy atom. The van der Waals surface area contributed by atoms with Gasteiger partial charge in [0, 0.05) is 0 Å². The molecular formula is C13H14N2. The molecule has 0 saturated heterocycles. The van der Waals surface area contributed by atoms with E-state index in [4.69, 9.17) is 0 Å². The third kappa shape index (κ3) is 1.71. The van der Waals surface area contributed by atoms with E-state index >= 15 is 0 Å². The summed E-state index contributed by atoms with van der Waals surface area (Å²) in [6.45, 7) is 9.74. The minimum atomic E-state index is 0.109. The molecular weight excluding hydrogens is 184 g/mol. The Hall–Kier alpha value is -1.83. The van der Waals surface area contributed by atoms with Crippen LogP contribution in [0.25, 0.3) is 11.0 Å². The second-order valence-electron chi connectivity index (χ2n) is 3.70. The molecule has 0 bridgehead atoms. The first kappa shape index (κ1) is 9.71. The molecule has 0 spiro atoms. The van der Waals surface area contributed by atoms with Gasteiger partial charge in [-0.25, -0.2) is 4.98 Å². The van der Waals surface area contributed by atoms with Crippen molar-refractivity contribution in [3.63, 3.8) is 0 Å². The zero-order chi connectivity index (χ0) is 10.8. The molecule has 0 aliphatic heterocycles.